The van der Waals surface area contributed by atoms with Gasteiger partial charge in [0.25, 0.3) is 0 Å². The van der Waals surface area contributed by atoms with Gasteiger partial charge < -0.3 is 10.0 Å². The molecule has 1 aromatic heterocycles. The molecule has 7 heteroatoms. The third-order valence-corrected chi connectivity index (χ3v) is 4.61. The summed E-state index contributed by atoms with van der Waals surface area (Å²) in [5.74, 6) is -0.350. The summed E-state index contributed by atoms with van der Waals surface area (Å²) < 4.78 is 0. The van der Waals surface area contributed by atoms with E-state index in [4.69, 9.17) is 5.11 Å². The Hall–Kier alpha value is -1.60. The number of aliphatic imine (C=N–C) groups is 1. The number of aliphatic carboxylic acids is 1. The van der Waals surface area contributed by atoms with Gasteiger partial charge in [0.05, 0.1) is 5.04 Å². The Morgan fingerprint density at radius 3 is 2.80 bits per heavy atom. The van der Waals surface area contributed by atoms with Crippen LogP contribution in [-0.2, 0) is 4.79 Å². The Morgan fingerprint density at radius 1 is 1.45 bits per heavy atom. The van der Waals surface area contributed by atoms with Crippen molar-refractivity contribution in [3.8, 4) is 0 Å². The zero-order chi connectivity index (χ0) is 14.5. The van der Waals surface area contributed by atoms with Gasteiger partial charge in [-0.2, -0.15) is 0 Å². The van der Waals surface area contributed by atoms with E-state index < -0.39 is 12.0 Å². The van der Waals surface area contributed by atoms with Crippen LogP contribution in [0.15, 0.2) is 29.4 Å². The lowest BCUT2D eigenvalue weighted by molar-refractivity contribution is -0.137. The number of carbonyl (C=O) groups is 1. The second-order valence-electron chi connectivity index (χ2n) is 4.29. The van der Waals surface area contributed by atoms with Gasteiger partial charge in [-0.15, -0.1) is 11.8 Å². The molecular formula is C13H15N3O2S2. The molecule has 0 saturated carbocycles. The lowest BCUT2D eigenvalue weighted by Gasteiger charge is -2.04. The molecule has 0 bridgehead atoms. The third-order valence-electron chi connectivity index (χ3n) is 2.46. The van der Waals surface area contributed by atoms with Crippen molar-refractivity contribution in [2.24, 2.45) is 4.99 Å². The minimum absolute atomic E-state index is 0.514. The molecule has 1 atom stereocenters. The van der Waals surface area contributed by atoms with Crippen molar-refractivity contribution in [2.45, 2.75) is 6.04 Å². The monoisotopic (exact) mass is 309 g/mol. The summed E-state index contributed by atoms with van der Waals surface area (Å²) in [4.78, 5) is 22.2. The summed E-state index contributed by atoms with van der Waals surface area (Å²) in [5, 5.41) is 10.6. The largest absolute Gasteiger partial charge is 0.480 e. The topological polar surface area (TPSA) is 65.8 Å². The molecule has 1 aliphatic rings. The summed E-state index contributed by atoms with van der Waals surface area (Å²) in [6, 6.07) is -0.604. The fraction of sp³-hybridized carbons (Fsp3) is 0.308. The fourth-order valence-corrected chi connectivity index (χ4v) is 3.13. The Bertz CT molecular complexity index is 576. The van der Waals surface area contributed by atoms with E-state index in [1.54, 1.807) is 11.3 Å². The van der Waals surface area contributed by atoms with Gasteiger partial charge in [0.2, 0.25) is 0 Å². The van der Waals surface area contributed by atoms with Crippen molar-refractivity contribution in [3.63, 3.8) is 0 Å². The van der Waals surface area contributed by atoms with E-state index in [0.29, 0.717) is 5.75 Å². The Balaban J connectivity index is 1.91. The number of thiazole rings is 1. The number of allylic oxidation sites excluding steroid dienone is 2. The smallest absolute Gasteiger partial charge is 0.329 e. The minimum Gasteiger partial charge on any atom is -0.480 e. The van der Waals surface area contributed by atoms with Crippen molar-refractivity contribution in [2.75, 3.05) is 24.7 Å². The Kier molecular flexibility index (Phi) is 4.97. The predicted octanol–water partition coefficient (Wildman–Crippen LogP) is 2.38. The van der Waals surface area contributed by atoms with Gasteiger partial charge in [-0.25, -0.2) is 9.78 Å². The van der Waals surface area contributed by atoms with E-state index in [1.165, 1.54) is 11.8 Å². The summed E-state index contributed by atoms with van der Waals surface area (Å²) in [6.07, 6.45) is 9.40. The van der Waals surface area contributed by atoms with Crippen molar-refractivity contribution in [1.82, 2.24) is 4.98 Å². The molecule has 0 spiro atoms. The van der Waals surface area contributed by atoms with E-state index in [2.05, 4.69) is 9.98 Å². The van der Waals surface area contributed by atoms with Crippen LogP contribution < -0.4 is 4.90 Å². The molecule has 1 unspecified atom stereocenters. The standard InChI is InChI=1S/C13H15N3O2S2/c1-16(2)13-14-7-9(20-13)5-3-4-6-11-15-10(8-19-11)12(17)18/h3-7,10H,8H2,1-2H3,(H,17,18)/b5-3+,6-4+. The van der Waals surface area contributed by atoms with Crippen LogP contribution in [0.25, 0.3) is 6.08 Å². The van der Waals surface area contributed by atoms with E-state index >= 15 is 0 Å². The van der Waals surface area contributed by atoms with Crippen LogP contribution in [-0.4, -0.2) is 47.0 Å². The van der Waals surface area contributed by atoms with Gasteiger partial charge in [-0.05, 0) is 12.2 Å². The SMILES string of the molecule is CN(C)c1ncc(/C=C/C=C/C2=NC(C(=O)O)CS2)s1. The molecule has 5 nitrogen and oxygen atoms in total. The zero-order valence-corrected chi connectivity index (χ0v) is 12.8. The first-order chi connectivity index (χ1) is 9.56. The lowest BCUT2D eigenvalue weighted by atomic mass is 10.3. The fourth-order valence-electron chi connectivity index (χ4n) is 1.46. The molecule has 1 aromatic rings. The second-order valence-corrected chi connectivity index (χ2v) is 6.37. The summed E-state index contributed by atoms with van der Waals surface area (Å²) >= 11 is 3.07. The predicted molar refractivity (Wildman–Crippen MR) is 85.9 cm³/mol. The molecule has 20 heavy (non-hydrogen) atoms. The van der Waals surface area contributed by atoms with E-state index in [-0.39, 0.29) is 0 Å². The highest BCUT2D eigenvalue weighted by molar-refractivity contribution is 8.14. The van der Waals surface area contributed by atoms with Crippen LogP contribution in [0, 0.1) is 0 Å². The van der Waals surface area contributed by atoms with Crippen LogP contribution in [0.4, 0.5) is 5.13 Å². The molecule has 0 saturated heterocycles. The van der Waals surface area contributed by atoms with Crippen LogP contribution in [0.2, 0.25) is 0 Å². The molecule has 2 rings (SSSR count). The molecule has 0 fully saturated rings. The maximum atomic E-state index is 10.8. The third kappa shape index (κ3) is 3.94. The van der Waals surface area contributed by atoms with Crippen LogP contribution in [0.5, 0.6) is 0 Å². The van der Waals surface area contributed by atoms with Crippen LogP contribution >= 0.6 is 23.1 Å². The van der Waals surface area contributed by atoms with Gasteiger partial charge in [0.1, 0.15) is 0 Å². The van der Waals surface area contributed by atoms with Crippen molar-refractivity contribution >= 4 is 45.3 Å². The zero-order valence-electron chi connectivity index (χ0n) is 11.2. The molecule has 0 aromatic carbocycles. The first-order valence-electron chi connectivity index (χ1n) is 5.97. The van der Waals surface area contributed by atoms with Gasteiger partial charge in [0.15, 0.2) is 11.2 Å². The van der Waals surface area contributed by atoms with Crippen LogP contribution in [0.3, 0.4) is 0 Å². The first kappa shape index (κ1) is 14.8. The number of nitrogens with zero attached hydrogens (tertiary/aromatic N) is 3. The van der Waals surface area contributed by atoms with E-state index in [9.17, 15) is 4.79 Å². The summed E-state index contributed by atoms with van der Waals surface area (Å²) in [6.45, 7) is 0. The molecule has 0 aliphatic carbocycles. The molecule has 106 valence electrons. The van der Waals surface area contributed by atoms with Gasteiger partial charge in [0, 0.05) is 30.9 Å². The summed E-state index contributed by atoms with van der Waals surface area (Å²) in [5.41, 5.74) is 0. The Labute approximate surface area is 125 Å². The van der Waals surface area contributed by atoms with Gasteiger partial charge >= 0.3 is 5.97 Å². The number of carboxylic acid groups (broad SMARTS) is 1. The average molecular weight is 309 g/mol. The number of anilines is 1. The van der Waals surface area contributed by atoms with E-state index in [1.807, 2.05) is 49.5 Å². The number of rotatable bonds is 5. The maximum Gasteiger partial charge on any atom is 0.329 e. The minimum atomic E-state index is -0.864. The van der Waals surface area contributed by atoms with Crippen LogP contribution in [0.1, 0.15) is 4.88 Å². The highest BCUT2D eigenvalue weighted by Gasteiger charge is 2.22. The number of hydrogen-bond acceptors (Lipinski definition) is 6. The highest BCUT2D eigenvalue weighted by Crippen LogP contribution is 2.22. The number of aromatic nitrogens is 1. The average Bonchev–Trinajstić information content (AvgIpc) is 3.04. The molecule has 1 aliphatic heterocycles. The normalized spacial score (nSPS) is 18.9. The number of carboxylic acids is 1. The molecule has 0 amide bonds. The van der Waals surface area contributed by atoms with Crippen molar-refractivity contribution < 1.29 is 9.90 Å². The Morgan fingerprint density at radius 2 is 2.20 bits per heavy atom. The van der Waals surface area contributed by atoms with Crippen molar-refractivity contribution in [1.29, 1.82) is 0 Å². The summed E-state index contributed by atoms with van der Waals surface area (Å²) in [7, 11) is 3.92. The first-order valence-corrected chi connectivity index (χ1v) is 7.78. The van der Waals surface area contributed by atoms with E-state index in [0.717, 1.165) is 15.1 Å². The highest BCUT2D eigenvalue weighted by atomic mass is 32.2. The van der Waals surface area contributed by atoms with Gasteiger partial charge in [-0.1, -0.05) is 23.5 Å². The quantitative estimate of drug-likeness (QED) is 0.846. The molecule has 2 heterocycles. The maximum absolute atomic E-state index is 10.8. The number of thioether (sulfide) groups is 1. The lowest BCUT2D eigenvalue weighted by Crippen LogP contribution is -2.16. The van der Waals surface area contributed by atoms with Crippen molar-refractivity contribution in [3.05, 3.63) is 29.3 Å². The number of hydrogen-bond donors (Lipinski definition) is 1. The molecule has 1 N–H and O–H groups in total. The molecular weight excluding hydrogens is 294 g/mol. The molecule has 0 radical (unpaired) electrons. The second kappa shape index (κ2) is 6.71. The van der Waals surface area contributed by atoms with Gasteiger partial charge in [-0.3, -0.25) is 4.99 Å².